The number of aromatic nitrogens is 3. The fourth-order valence-electron chi connectivity index (χ4n) is 1.30. The molecule has 76 valence electrons. The molecular formula is C11H11N3O. The van der Waals surface area contributed by atoms with Crippen molar-refractivity contribution in [2.75, 3.05) is 0 Å². The maximum Gasteiger partial charge on any atom is 0.271 e. The van der Waals surface area contributed by atoms with E-state index in [4.69, 9.17) is 0 Å². The molecule has 0 aromatic carbocycles. The number of pyridine rings is 1. The van der Waals surface area contributed by atoms with Gasteiger partial charge >= 0.3 is 0 Å². The second-order valence-electron chi connectivity index (χ2n) is 3.13. The molecule has 4 nitrogen and oxygen atoms in total. The van der Waals surface area contributed by atoms with Crippen molar-refractivity contribution in [3.63, 3.8) is 0 Å². The van der Waals surface area contributed by atoms with E-state index in [1.165, 1.54) is 10.7 Å². The standard InChI is InChI=1S/C11H11N3O/c1-2-9-5-6-10(8-12-9)14-11(15)4-3-7-13-14/h3-8H,2H2,1H3. The normalized spacial score (nSPS) is 10.2. The van der Waals surface area contributed by atoms with Gasteiger partial charge in [0.2, 0.25) is 0 Å². The van der Waals surface area contributed by atoms with Gasteiger partial charge in [-0.1, -0.05) is 6.92 Å². The number of rotatable bonds is 2. The molecule has 2 rings (SSSR count). The molecule has 2 heterocycles. The van der Waals surface area contributed by atoms with Crippen molar-refractivity contribution < 1.29 is 0 Å². The zero-order valence-corrected chi connectivity index (χ0v) is 8.42. The van der Waals surface area contributed by atoms with E-state index < -0.39 is 0 Å². The van der Waals surface area contributed by atoms with Crippen LogP contribution < -0.4 is 5.56 Å². The molecule has 0 fully saturated rings. The Bertz CT molecular complexity index is 502. The monoisotopic (exact) mass is 201 g/mol. The second-order valence-corrected chi connectivity index (χ2v) is 3.13. The lowest BCUT2D eigenvalue weighted by Crippen LogP contribution is -2.19. The maximum atomic E-state index is 11.4. The predicted molar refractivity (Wildman–Crippen MR) is 57.0 cm³/mol. The predicted octanol–water partition coefficient (Wildman–Crippen LogP) is 1.19. The Balaban J connectivity index is 2.46. The number of hydrogen-bond acceptors (Lipinski definition) is 3. The summed E-state index contributed by atoms with van der Waals surface area (Å²) in [6, 6.07) is 6.84. The van der Waals surface area contributed by atoms with E-state index in [0.29, 0.717) is 5.69 Å². The highest BCUT2D eigenvalue weighted by molar-refractivity contribution is 5.28. The average molecular weight is 201 g/mol. The minimum atomic E-state index is -0.149. The van der Waals surface area contributed by atoms with Crippen LogP contribution in [0.3, 0.4) is 0 Å². The van der Waals surface area contributed by atoms with E-state index in [2.05, 4.69) is 10.1 Å². The lowest BCUT2D eigenvalue weighted by Gasteiger charge is -2.03. The van der Waals surface area contributed by atoms with Gasteiger partial charge in [-0.15, -0.1) is 0 Å². The van der Waals surface area contributed by atoms with E-state index in [9.17, 15) is 4.79 Å². The molecule has 0 saturated heterocycles. The highest BCUT2D eigenvalue weighted by Crippen LogP contribution is 2.03. The number of aryl methyl sites for hydroxylation is 1. The van der Waals surface area contributed by atoms with Crippen LogP contribution in [0, 0.1) is 0 Å². The van der Waals surface area contributed by atoms with Gasteiger partial charge in [0.15, 0.2) is 0 Å². The van der Waals surface area contributed by atoms with Crippen molar-refractivity contribution in [1.82, 2.24) is 14.8 Å². The molecule has 2 aromatic heterocycles. The summed E-state index contributed by atoms with van der Waals surface area (Å²) < 4.78 is 1.33. The van der Waals surface area contributed by atoms with E-state index in [1.54, 1.807) is 18.5 Å². The molecular weight excluding hydrogens is 190 g/mol. The van der Waals surface area contributed by atoms with E-state index in [0.717, 1.165) is 12.1 Å². The molecule has 0 amide bonds. The summed E-state index contributed by atoms with van der Waals surface area (Å²) in [5, 5.41) is 3.97. The van der Waals surface area contributed by atoms with Crippen molar-refractivity contribution >= 4 is 0 Å². The Hall–Kier alpha value is -1.97. The third-order valence-corrected chi connectivity index (χ3v) is 2.13. The third-order valence-electron chi connectivity index (χ3n) is 2.13. The van der Waals surface area contributed by atoms with Crippen molar-refractivity contribution in [3.05, 3.63) is 52.7 Å². The third kappa shape index (κ3) is 1.93. The van der Waals surface area contributed by atoms with Crippen LogP contribution in [0.15, 0.2) is 41.5 Å². The molecule has 0 N–H and O–H groups in total. The highest BCUT2D eigenvalue weighted by Gasteiger charge is 1.99. The van der Waals surface area contributed by atoms with Crippen molar-refractivity contribution in [1.29, 1.82) is 0 Å². The van der Waals surface area contributed by atoms with E-state index >= 15 is 0 Å². The molecule has 15 heavy (non-hydrogen) atoms. The largest absolute Gasteiger partial charge is 0.271 e. The SMILES string of the molecule is CCc1ccc(-n2ncccc2=O)cn1. The molecule has 2 aromatic rings. The second kappa shape index (κ2) is 4.04. The van der Waals surface area contributed by atoms with Crippen LogP contribution >= 0.6 is 0 Å². The fraction of sp³-hybridized carbons (Fsp3) is 0.182. The topological polar surface area (TPSA) is 47.8 Å². The lowest BCUT2D eigenvalue weighted by molar-refractivity contribution is 0.799. The number of nitrogens with zero attached hydrogens (tertiary/aromatic N) is 3. The summed E-state index contributed by atoms with van der Waals surface area (Å²) in [4.78, 5) is 15.7. The van der Waals surface area contributed by atoms with Gasteiger partial charge in [0.05, 0.1) is 11.9 Å². The zero-order chi connectivity index (χ0) is 10.7. The average Bonchev–Trinajstić information content (AvgIpc) is 2.30. The van der Waals surface area contributed by atoms with Crippen LogP contribution in [-0.2, 0) is 6.42 Å². The molecule has 0 radical (unpaired) electrons. The quantitative estimate of drug-likeness (QED) is 0.733. The summed E-state index contributed by atoms with van der Waals surface area (Å²) in [7, 11) is 0. The first-order valence-corrected chi connectivity index (χ1v) is 4.81. The van der Waals surface area contributed by atoms with Gasteiger partial charge in [0.1, 0.15) is 0 Å². The molecule has 0 unspecified atom stereocenters. The Kier molecular flexibility index (Phi) is 2.58. The first-order chi connectivity index (χ1) is 7.31. The van der Waals surface area contributed by atoms with E-state index in [1.807, 2.05) is 19.1 Å². The van der Waals surface area contributed by atoms with Gasteiger partial charge in [0.25, 0.3) is 5.56 Å². The summed E-state index contributed by atoms with van der Waals surface area (Å²) in [6.45, 7) is 2.04. The Labute approximate surface area is 87.2 Å². The highest BCUT2D eigenvalue weighted by atomic mass is 16.1. The Morgan fingerprint density at radius 1 is 1.33 bits per heavy atom. The van der Waals surface area contributed by atoms with Gasteiger partial charge < -0.3 is 0 Å². The molecule has 0 aliphatic rings. The molecule has 0 atom stereocenters. The molecule has 0 saturated carbocycles. The van der Waals surface area contributed by atoms with Crippen LogP contribution in [-0.4, -0.2) is 14.8 Å². The van der Waals surface area contributed by atoms with Gasteiger partial charge in [-0.3, -0.25) is 9.78 Å². The van der Waals surface area contributed by atoms with Gasteiger partial charge in [-0.2, -0.15) is 9.78 Å². The first kappa shape index (κ1) is 9.58. The summed E-state index contributed by atoms with van der Waals surface area (Å²) in [6.07, 6.45) is 4.12. The van der Waals surface area contributed by atoms with Crippen LogP contribution in [0.5, 0.6) is 0 Å². The Morgan fingerprint density at radius 3 is 2.80 bits per heavy atom. The van der Waals surface area contributed by atoms with Gasteiger partial charge in [0, 0.05) is 18.0 Å². The Morgan fingerprint density at radius 2 is 2.20 bits per heavy atom. The zero-order valence-electron chi connectivity index (χ0n) is 8.42. The molecule has 4 heteroatoms. The van der Waals surface area contributed by atoms with Crippen molar-refractivity contribution in [2.24, 2.45) is 0 Å². The first-order valence-electron chi connectivity index (χ1n) is 4.81. The van der Waals surface area contributed by atoms with E-state index in [-0.39, 0.29) is 5.56 Å². The minimum Gasteiger partial charge on any atom is -0.267 e. The number of hydrogen-bond donors (Lipinski definition) is 0. The molecule has 0 aliphatic carbocycles. The van der Waals surface area contributed by atoms with Gasteiger partial charge in [-0.05, 0) is 24.6 Å². The van der Waals surface area contributed by atoms with Crippen LogP contribution in [0.2, 0.25) is 0 Å². The maximum absolute atomic E-state index is 11.4. The van der Waals surface area contributed by atoms with Crippen LogP contribution in [0.4, 0.5) is 0 Å². The lowest BCUT2D eigenvalue weighted by atomic mass is 10.3. The van der Waals surface area contributed by atoms with Crippen molar-refractivity contribution in [3.8, 4) is 5.69 Å². The summed E-state index contributed by atoms with van der Waals surface area (Å²) >= 11 is 0. The van der Waals surface area contributed by atoms with Crippen molar-refractivity contribution in [2.45, 2.75) is 13.3 Å². The minimum absolute atomic E-state index is 0.149. The molecule has 0 bridgehead atoms. The van der Waals surface area contributed by atoms with Gasteiger partial charge in [-0.25, -0.2) is 0 Å². The summed E-state index contributed by atoms with van der Waals surface area (Å²) in [5.41, 5.74) is 1.55. The molecule has 0 spiro atoms. The fourth-order valence-corrected chi connectivity index (χ4v) is 1.30. The summed E-state index contributed by atoms with van der Waals surface area (Å²) in [5.74, 6) is 0. The van der Waals surface area contributed by atoms with Crippen LogP contribution in [0.1, 0.15) is 12.6 Å². The van der Waals surface area contributed by atoms with Crippen LogP contribution in [0.25, 0.3) is 5.69 Å². The smallest absolute Gasteiger partial charge is 0.267 e. The molecule has 0 aliphatic heterocycles.